The van der Waals surface area contributed by atoms with Gasteiger partial charge in [0.1, 0.15) is 5.82 Å². The van der Waals surface area contributed by atoms with Crippen LogP contribution in [0.15, 0.2) is 35.7 Å². The Morgan fingerprint density at radius 3 is 2.65 bits per heavy atom. The predicted molar refractivity (Wildman–Crippen MR) is 121 cm³/mol. The van der Waals surface area contributed by atoms with Crippen molar-refractivity contribution < 1.29 is 18.7 Å². The summed E-state index contributed by atoms with van der Waals surface area (Å²) >= 11 is 7.68. The highest BCUT2D eigenvalue weighted by Gasteiger charge is 2.36. The second-order valence-electron chi connectivity index (χ2n) is 8.33. The summed E-state index contributed by atoms with van der Waals surface area (Å²) in [4.78, 5) is 31.1. The number of rotatable bonds is 8. The molecule has 2 aromatic rings. The number of methoxy groups -OCH3 is 1. The van der Waals surface area contributed by atoms with Crippen LogP contribution in [-0.4, -0.2) is 60.8 Å². The Hall–Kier alpha value is -1.96. The molecule has 0 fully saturated rings. The van der Waals surface area contributed by atoms with Crippen LogP contribution < -0.4 is 0 Å². The number of hydrogen-bond donors (Lipinski definition) is 0. The number of amides is 2. The summed E-state index contributed by atoms with van der Waals surface area (Å²) in [5.74, 6) is -0.493. The van der Waals surface area contributed by atoms with Gasteiger partial charge in [-0.2, -0.15) is 0 Å². The molecule has 1 aliphatic rings. The number of nitrogens with zero attached hydrogens (tertiary/aromatic N) is 2. The molecule has 1 atom stereocenters. The first kappa shape index (κ1) is 23.7. The first-order chi connectivity index (χ1) is 14.8. The molecular formula is C23H28ClFN2O3S. The van der Waals surface area contributed by atoms with Crippen molar-refractivity contribution in [3.63, 3.8) is 0 Å². The summed E-state index contributed by atoms with van der Waals surface area (Å²) in [5, 5.41) is 2.02. The highest BCUT2D eigenvalue weighted by molar-refractivity contribution is 7.10. The van der Waals surface area contributed by atoms with Crippen LogP contribution in [0, 0.1) is 11.2 Å². The van der Waals surface area contributed by atoms with Crippen molar-refractivity contribution in [2.45, 2.75) is 26.3 Å². The monoisotopic (exact) mass is 466 g/mol. The maximum atomic E-state index is 13.5. The van der Waals surface area contributed by atoms with E-state index >= 15 is 0 Å². The van der Waals surface area contributed by atoms with E-state index in [0.717, 1.165) is 17.5 Å². The number of thiophene rings is 1. The summed E-state index contributed by atoms with van der Waals surface area (Å²) in [6, 6.07) is 7.99. The first-order valence-corrected chi connectivity index (χ1v) is 11.7. The molecule has 5 nitrogen and oxygen atoms in total. The van der Waals surface area contributed by atoms with Gasteiger partial charge in [0.05, 0.1) is 24.6 Å². The number of halogens is 2. The van der Waals surface area contributed by atoms with Crippen molar-refractivity contribution >= 4 is 34.8 Å². The van der Waals surface area contributed by atoms with E-state index in [4.69, 9.17) is 16.3 Å². The second-order valence-corrected chi connectivity index (χ2v) is 9.60. The quantitative estimate of drug-likeness (QED) is 0.550. The molecule has 0 saturated heterocycles. The molecule has 1 aromatic carbocycles. The van der Waals surface area contributed by atoms with Crippen LogP contribution in [-0.2, 0) is 20.7 Å². The Labute approximate surface area is 191 Å². The third kappa shape index (κ3) is 5.27. The van der Waals surface area contributed by atoms with E-state index in [-0.39, 0.29) is 36.1 Å². The van der Waals surface area contributed by atoms with E-state index in [2.05, 4.69) is 0 Å². The number of hydrogen-bond acceptors (Lipinski definition) is 4. The lowest BCUT2D eigenvalue weighted by Crippen LogP contribution is -2.50. The average molecular weight is 467 g/mol. The lowest BCUT2D eigenvalue weighted by atomic mass is 9.92. The van der Waals surface area contributed by atoms with Crippen LogP contribution in [0.3, 0.4) is 0 Å². The second kappa shape index (κ2) is 10.1. The molecule has 1 unspecified atom stereocenters. The van der Waals surface area contributed by atoms with Gasteiger partial charge >= 0.3 is 0 Å². The van der Waals surface area contributed by atoms with E-state index in [0.29, 0.717) is 19.7 Å². The molecule has 0 N–H and O–H groups in total. The number of benzene rings is 1. The average Bonchev–Trinajstić information content (AvgIpc) is 3.24. The third-order valence-corrected chi connectivity index (χ3v) is 7.23. The van der Waals surface area contributed by atoms with Gasteiger partial charge in [-0.15, -0.1) is 22.9 Å². The maximum Gasteiger partial charge on any atom is 0.242 e. The number of ether oxygens (including phenoxy) is 1. The van der Waals surface area contributed by atoms with E-state index < -0.39 is 5.41 Å². The molecule has 8 heteroatoms. The number of fused-ring (bicyclic) bond motifs is 1. The largest absolute Gasteiger partial charge is 0.383 e. The van der Waals surface area contributed by atoms with E-state index in [1.165, 1.54) is 21.9 Å². The molecule has 3 rings (SSSR count). The smallest absolute Gasteiger partial charge is 0.242 e. The fourth-order valence-electron chi connectivity index (χ4n) is 3.78. The Balaban J connectivity index is 1.88. The number of alkyl halides is 1. The van der Waals surface area contributed by atoms with Gasteiger partial charge in [0.2, 0.25) is 11.8 Å². The van der Waals surface area contributed by atoms with Gasteiger partial charge < -0.3 is 14.5 Å². The molecule has 1 aliphatic heterocycles. The molecular weight excluding hydrogens is 439 g/mol. The van der Waals surface area contributed by atoms with Crippen LogP contribution in [0.2, 0.25) is 0 Å². The molecule has 0 aliphatic carbocycles. The SMILES string of the molecule is COCCN(CC(=O)N1CCc2sccc2C1c1ccc(F)cc1)C(=O)C(C)(C)CCl. The van der Waals surface area contributed by atoms with Gasteiger partial charge in [-0.05, 0) is 55.0 Å². The van der Waals surface area contributed by atoms with Crippen LogP contribution in [0.5, 0.6) is 0 Å². The predicted octanol–water partition coefficient (Wildman–Crippen LogP) is 4.10. The molecule has 168 valence electrons. The zero-order valence-corrected chi connectivity index (χ0v) is 19.6. The third-order valence-electron chi connectivity index (χ3n) is 5.56. The minimum absolute atomic E-state index is 0.0559. The Kier molecular flexibility index (Phi) is 7.73. The molecule has 0 bridgehead atoms. The summed E-state index contributed by atoms with van der Waals surface area (Å²) in [7, 11) is 1.56. The molecule has 2 heterocycles. The topological polar surface area (TPSA) is 49.9 Å². The molecule has 31 heavy (non-hydrogen) atoms. The Morgan fingerprint density at radius 1 is 1.29 bits per heavy atom. The van der Waals surface area contributed by atoms with Crippen LogP contribution in [0.25, 0.3) is 0 Å². The van der Waals surface area contributed by atoms with Crippen molar-refractivity contribution in [2.24, 2.45) is 5.41 Å². The molecule has 0 saturated carbocycles. The Bertz CT molecular complexity index is 916. The Morgan fingerprint density at radius 2 is 2.00 bits per heavy atom. The fraction of sp³-hybridized carbons (Fsp3) is 0.478. The van der Waals surface area contributed by atoms with Crippen molar-refractivity contribution in [1.82, 2.24) is 9.80 Å². The minimum atomic E-state index is -0.783. The molecule has 0 radical (unpaired) electrons. The summed E-state index contributed by atoms with van der Waals surface area (Å²) in [6.07, 6.45) is 0.760. The van der Waals surface area contributed by atoms with Gasteiger partial charge in [-0.25, -0.2) is 4.39 Å². The van der Waals surface area contributed by atoms with Crippen LogP contribution in [0.1, 0.15) is 35.9 Å². The normalized spacial score (nSPS) is 16.2. The molecule has 1 aromatic heterocycles. The molecule has 0 spiro atoms. The van der Waals surface area contributed by atoms with Crippen LogP contribution in [0.4, 0.5) is 4.39 Å². The zero-order valence-electron chi connectivity index (χ0n) is 18.1. The van der Waals surface area contributed by atoms with E-state index in [1.807, 2.05) is 11.4 Å². The highest BCUT2D eigenvalue weighted by Crippen LogP contribution is 2.38. The highest BCUT2D eigenvalue weighted by atomic mass is 35.5. The van der Waals surface area contributed by atoms with Crippen molar-refractivity contribution in [3.8, 4) is 0 Å². The zero-order chi connectivity index (χ0) is 22.6. The van der Waals surface area contributed by atoms with E-state index in [1.54, 1.807) is 49.3 Å². The number of carbonyl (C=O) groups excluding carboxylic acids is 2. The minimum Gasteiger partial charge on any atom is -0.383 e. The lowest BCUT2D eigenvalue weighted by Gasteiger charge is -2.38. The summed E-state index contributed by atoms with van der Waals surface area (Å²) in [6.45, 7) is 4.66. The van der Waals surface area contributed by atoms with Gasteiger partial charge in [-0.1, -0.05) is 12.1 Å². The van der Waals surface area contributed by atoms with Gasteiger partial charge in [0, 0.05) is 31.0 Å². The number of carbonyl (C=O) groups is 2. The van der Waals surface area contributed by atoms with Crippen molar-refractivity contribution in [2.75, 3.05) is 39.2 Å². The summed E-state index contributed by atoms with van der Waals surface area (Å²) < 4.78 is 18.7. The van der Waals surface area contributed by atoms with Gasteiger partial charge in [-0.3, -0.25) is 9.59 Å². The lowest BCUT2D eigenvalue weighted by molar-refractivity contribution is -0.146. The standard InChI is InChI=1S/C23H28ClFN2O3S/c1-23(2,15-24)22(29)26(11-12-30-3)14-20(28)27-10-8-19-18(9-13-31-19)21(27)16-4-6-17(25)7-5-16/h4-7,9,13,21H,8,10-12,14-15H2,1-3H3. The van der Waals surface area contributed by atoms with Crippen molar-refractivity contribution in [1.29, 1.82) is 0 Å². The fourth-order valence-corrected chi connectivity index (χ4v) is 4.80. The molecule has 2 amide bonds. The first-order valence-electron chi connectivity index (χ1n) is 10.2. The van der Waals surface area contributed by atoms with Gasteiger partial charge in [0.25, 0.3) is 0 Å². The summed E-state index contributed by atoms with van der Waals surface area (Å²) in [5.41, 5.74) is 1.13. The van der Waals surface area contributed by atoms with Gasteiger partial charge in [0.15, 0.2) is 0 Å². The maximum absolute atomic E-state index is 13.5. The van der Waals surface area contributed by atoms with Crippen LogP contribution >= 0.6 is 22.9 Å². The van der Waals surface area contributed by atoms with Crippen molar-refractivity contribution in [3.05, 3.63) is 57.5 Å². The van der Waals surface area contributed by atoms with E-state index in [9.17, 15) is 14.0 Å².